The van der Waals surface area contributed by atoms with E-state index in [4.69, 9.17) is 0 Å². The third-order valence-electron chi connectivity index (χ3n) is 4.67. The first-order valence-electron chi connectivity index (χ1n) is 9.17. The number of rotatable bonds is 4. The number of hydrogen-bond acceptors (Lipinski definition) is 6. The van der Waals surface area contributed by atoms with Crippen molar-refractivity contribution in [1.82, 2.24) is 0 Å². The molecule has 4 N–H and O–H groups in total. The van der Waals surface area contributed by atoms with Crippen molar-refractivity contribution in [3.63, 3.8) is 0 Å². The van der Waals surface area contributed by atoms with E-state index in [0.29, 0.717) is 22.5 Å². The molecule has 0 atom stereocenters. The zero-order chi connectivity index (χ0) is 21.1. The number of nitrogens with zero attached hydrogens (tertiary/aromatic N) is 2. The maximum atomic E-state index is 9.99. The lowest BCUT2D eigenvalue weighted by Crippen LogP contribution is -1.79. The second kappa shape index (κ2) is 7.97. The van der Waals surface area contributed by atoms with E-state index < -0.39 is 0 Å². The highest BCUT2D eigenvalue weighted by atomic mass is 16.3. The Balaban J connectivity index is 1.51. The molecular weight excluding hydrogens is 380 g/mol. The van der Waals surface area contributed by atoms with Gasteiger partial charge in [-0.2, -0.15) is 10.2 Å². The molecule has 0 unspecified atom stereocenters. The molecule has 4 aromatic carbocycles. The van der Waals surface area contributed by atoms with Crippen LogP contribution in [0.2, 0.25) is 0 Å². The number of azo groups is 1. The van der Waals surface area contributed by atoms with Gasteiger partial charge in [-0.3, -0.25) is 0 Å². The highest BCUT2D eigenvalue weighted by Gasteiger charge is 2.09. The van der Waals surface area contributed by atoms with Gasteiger partial charge in [0.2, 0.25) is 0 Å². The monoisotopic (exact) mass is 398 g/mol. The van der Waals surface area contributed by atoms with Crippen LogP contribution in [0.3, 0.4) is 0 Å². The Morgan fingerprint density at radius 2 is 0.800 bits per heavy atom. The molecule has 0 radical (unpaired) electrons. The summed E-state index contributed by atoms with van der Waals surface area (Å²) < 4.78 is 0. The lowest BCUT2D eigenvalue weighted by molar-refractivity contribution is 0.405. The number of para-hydroxylation sites is 2. The molecule has 4 aromatic rings. The molecule has 0 saturated carbocycles. The van der Waals surface area contributed by atoms with E-state index in [1.807, 2.05) is 0 Å². The maximum absolute atomic E-state index is 9.99. The number of benzene rings is 4. The van der Waals surface area contributed by atoms with Crippen LogP contribution in [0.4, 0.5) is 11.4 Å². The fraction of sp³-hybridized carbons (Fsp3) is 0. The van der Waals surface area contributed by atoms with Crippen molar-refractivity contribution in [1.29, 1.82) is 0 Å². The number of phenols is 4. The molecule has 30 heavy (non-hydrogen) atoms. The fourth-order valence-electron chi connectivity index (χ4n) is 3.06. The van der Waals surface area contributed by atoms with Gasteiger partial charge in [-0.05, 0) is 47.5 Å². The minimum Gasteiger partial charge on any atom is -0.504 e. The molecule has 0 aliphatic carbocycles. The van der Waals surface area contributed by atoms with Crippen LogP contribution < -0.4 is 0 Å². The second-order valence-corrected chi connectivity index (χ2v) is 6.64. The number of phenolic OH excluding ortho intramolecular Hbond substituents is 4. The van der Waals surface area contributed by atoms with Crippen LogP contribution in [0.5, 0.6) is 23.0 Å². The standard InChI is InChI=1S/C24H18N2O4/c27-21-5-1-3-19(23(21)29)15-7-11-17(12-8-15)25-26-18-13-9-16(10-14-18)20-4-2-6-22(28)24(20)30/h1-14,27-30H. The van der Waals surface area contributed by atoms with Gasteiger partial charge in [0, 0.05) is 11.1 Å². The molecule has 148 valence electrons. The molecule has 0 aromatic heterocycles. The first-order chi connectivity index (χ1) is 14.5. The maximum Gasteiger partial charge on any atom is 0.165 e. The molecule has 0 aliphatic rings. The molecule has 6 heteroatoms. The quantitative estimate of drug-likeness (QED) is 0.240. The van der Waals surface area contributed by atoms with Crippen molar-refractivity contribution >= 4 is 11.4 Å². The van der Waals surface area contributed by atoms with Crippen LogP contribution in [0.1, 0.15) is 0 Å². The van der Waals surface area contributed by atoms with Gasteiger partial charge < -0.3 is 20.4 Å². The summed E-state index contributed by atoms with van der Waals surface area (Å²) in [6.45, 7) is 0. The molecule has 0 fully saturated rings. The summed E-state index contributed by atoms with van der Waals surface area (Å²) in [7, 11) is 0. The SMILES string of the molecule is Oc1cccc(-c2ccc(N=Nc3ccc(-c4cccc(O)c4O)cc3)cc2)c1O. The summed E-state index contributed by atoms with van der Waals surface area (Å²) in [5, 5.41) is 47.7. The predicted molar refractivity (Wildman–Crippen MR) is 115 cm³/mol. The van der Waals surface area contributed by atoms with E-state index in [2.05, 4.69) is 10.2 Å². The summed E-state index contributed by atoms with van der Waals surface area (Å²) in [6, 6.07) is 23.8. The van der Waals surface area contributed by atoms with Crippen molar-refractivity contribution in [3.05, 3.63) is 84.9 Å². The van der Waals surface area contributed by atoms with Gasteiger partial charge in [-0.1, -0.05) is 48.5 Å². The van der Waals surface area contributed by atoms with Crippen molar-refractivity contribution in [2.24, 2.45) is 10.2 Å². The molecule has 0 heterocycles. The topological polar surface area (TPSA) is 106 Å². The van der Waals surface area contributed by atoms with Crippen molar-refractivity contribution in [3.8, 4) is 45.3 Å². The van der Waals surface area contributed by atoms with Gasteiger partial charge in [0.1, 0.15) is 0 Å². The van der Waals surface area contributed by atoms with E-state index in [1.165, 1.54) is 12.1 Å². The van der Waals surface area contributed by atoms with E-state index in [0.717, 1.165) is 11.1 Å². The normalized spacial score (nSPS) is 11.1. The summed E-state index contributed by atoms with van der Waals surface area (Å²) in [5.41, 5.74) is 3.82. The highest BCUT2D eigenvalue weighted by molar-refractivity contribution is 5.75. The van der Waals surface area contributed by atoms with Crippen LogP contribution >= 0.6 is 0 Å². The first-order valence-corrected chi connectivity index (χ1v) is 9.17. The second-order valence-electron chi connectivity index (χ2n) is 6.64. The molecule has 0 amide bonds. The summed E-state index contributed by atoms with van der Waals surface area (Å²) in [5.74, 6) is -0.660. The van der Waals surface area contributed by atoms with Gasteiger partial charge in [0.15, 0.2) is 23.0 Å². The molecular formula is C24H18N2O4. The summed E-state index contributed by atoms with van der Waals surface area (Å²) in [6.07, 6.45) is 0. The molecule has 0 saturated heterocycles. The minimum atomic E-state index is -0.168. The summed E-state index contributed by atoms with van der Waals surface area (Å²) >= 11 is 0. The Morgan fingerprint density at radius 3 is 1.17 bits per heavy atom. The van der Waals surface area contributed by atoms with Crippen molar-refractivity contribution in [2.75, 3.05) is 0 Å². The van der Waals surface area contributed by atoms with E-state index in [-0.39, 0.29) is 23.0 Å². The number of aromatic hydroxyl groups is 4. The van der Waals surface area contributed by atoms with Gasteiger partial charge in [-0.15, -0.1) is 0 Å². The zero-order valence-corrected chi connectivity index (χ0v) is 15.8. The van der Waals surface area contributed by atoms with E-state index in [9.17, 15) is 20.4 Å². The molecule has 0 spiro atoms. The lowest BCUT2D eigenvalue weighted by atomic mass is 10.0. The molecule has 0 aliphatic heterocycles. The molecule has 6 nitrogen and oxygen atoms in total. The Morgan fingerprint density at radius 1 is 0.433 bits per heavy atom. The largest absolute Gasteiger partial charge is 0.504 e. The van der Waals surface area contributed by atoms with Crippen LogP contribution in [0.25, 0.3) is 22.3 Å². The van der Waals surface area contributed by atoms with E-state index >= 15 is 0 Å². The van der Waals surface area contributed by atoms with Gasteiger partial charge in [-0.25, -0.2) is 0 Å². The average Bonchev–Trinajstić information content (AvgIpc) is 2.77. The van der Waals surface area contributed by atoms with E-state index in [1.54, 1.807) is 72.8 Å². The fourth-order valence-corrected chi connectivity index (χ4v) is 3.06. The predicted octanol–water partition coefficient (Wildman–Crippen LogP) is 6.26. The average molecular weight is 398 g/mol. The Bertz CT molecular complexity index is 1120. The zero-order valence-electron chi connectivity index (χ0n) is 15.8. The smallest absolute Gasteiger partial charge is 0.165 e. The van der Waals surface area contributed by atoms with Crippen molar-refractivity contribution in [2.45, 2.75) is 0 Å². The van der Waals surface area contributed by atoms with Crippen LogP contribution in [0, 0.1) is 0 Å². The third-order valence-corrected chi connectivity index (χ3v) is 4.67. The van der Waals surface area contributed by atoms with Crippen LogP contribution in [0.15, 0.2) is 95.2 Å². The molecule has 0 bridgehead atoms. The lowest BCUT2D eigenvalue weighted by Gasteiger charge is -2.06. The minimum absolute atomic E-state index is 0.162. The Kier molecular flexibility index (Phi) is 5.05. The van der Waals surface area contributed by atoms with Gasteiger partial charge >= 0.3 is 0 Å². The first kappa shape index (κ1) is 19.0. The molecule has 4 rings (SSSR count). The van der Waals surface area contributed by atoms with Crippen LogP contribution in [-0.2, 0) is 0 Å². The van der Waals surface area contributed by atoms with Crippen molar-refractivity contribution < 1.29 is 20.4 Å². The highest BCUT2D eigenvalue weighted by Crippen LogP contribution is 2.38. The summed E-state index contributed by atoms with van der Waals surface area (Å²) in [4.78, 5) is 0. The Hall–Kier alpha value is -4.32. The number of hydrogen-bond donors (Lipinski definition) is 4. The third kappa shape index (κ3) is 3.79. The van der Waals surface area contributed by atoms with Gasteiger partial charge in [0.05, 0.1) is 11.4 Å². The van der Waals surface area contributed by atoms with Gasteiger partial charge in [0.25, 0.3) is 0 Å². The Labute approximate surface area is 172 Å². The van der Waals surface area contributed by atoms with Crippen LogP contribution in [-0.4, -0.2) is 20.4 Å².